The molecule has 0 aliphatic heterocycles. The van der Waals surface area contributed by atoms with Gasteiger partial charge in [-0.15, -0.1) is 0 Å². The Morgan fingerprint density at radius 2 is 2.05 bits per heavy atom. The average molecular weight is 337 g/mol. The molecule has 5 nitrogen and oxygen atoms in total. The molecule has 2 aromatic carbocycles. The van der Waals surface area contributed by atoms with E-state index in [2.05, 4.69) is 15.9 Å². The molecule has 0 unspecified atom stereocenters. The van der Waals surface area contributed by atoms with Gasteiger partial charge in [-0.05, 0) is 23.8 Å². The first-order valence-electron chi connectivity index (χ1n) is 5.95. The topological polar surface area (TPSA) is 78.4 Å². The zero-order valence-electron chi connectivity index (χ0n) is 10.6. The van der Waals surface area contributed by atoms with Gasteiger partial charge in [0.1, 0.15) is 12.4 Å². The monoisotopic (exact) mass is 336 g/mol. The average Bonchev–Trinajstić information content (AvgIpc) is 2.45. The van der Waals surface area contributed by atoms with Crippen LogP contribution in [0.1, 0.15) is 11.1 Å². The number of non-ortho nitro benzene ring substituents is 1. The lowest BCUT2D eigenvalue weighted by Gasteiger charge is -2.10. The smallest absolute Gasteiger partial charge is 0.270 e. The van der Waals surface area contributed by atoms with Crippen LogP contribution in [-0.4, -0.2) is 4.92 Å². The van der Waals surface area contributed by atoms with E-state index in [-0.39, 0.29) is 12.2 Å². The Morgan fingerprint density at radius 3 is 2.70 bits per heavy atom. The quantitative estimate of drug-likeness (QED) is 0.670. The number of nitrogens with zero attached hydrogens (tertiary/aromatic N) is 1. The van der Waals surface area contributed by atoms with Gasteiger partial charge in [-0.2, -0.15) is 0 Å². The third kappa shape index (κ3) is 3.55. The van der Waals surface area contributed by atoms with Gasteiger partial charge >= 0.3 is 0 Å². The Balaban J connectivity index is 2.15. The van der Waals surface area contributed by atoms with E-state index in [1.807, 2.05) is 24.3 Å². The van der Waals surface area contributed by atoms with Crippen molar-refractivity contribution in [3.8, 4) is 5.75 Å². The summed E-state index contributed by atoms with van der Waals surface area (Å²) in [5.41, 5.74) is 7.24. The normalized spacial score (nSPS) is 10.3. The molecular formula is C14H13BrN2O3. The number of nitro benzene ring substituents is 1. The number of hydrogen-bond acceptors (Lipinski definition) is 4. The third-order valence-electron chi connectivity index (χ3n) is 2.76. The van der Waals surface area contributed by atoms with E-state index in [0.717, 1.165) is 10.0 Å². The summed E-state index contributed by atoms with van der Waals surface area (Å²) < 4.78 is 6.65. The molecule has 0 atom stereocenters. The van der Waals surface area contributed by atoms with Crippen LogP contribution < -0.4 is 10.5 Å². The molecule has 20 heavy (non-hydrogen) atoms. The van der Waals surface area contributed by atoms with Gasteiger partial charge in [-0.1, -0.05) is 28.1 Å². The Hall–Kier alpha value is -1.92. The first-order chi connectivity index (χ1) is 9.60. The molecule has 6 heteroatoms. The van der Waals surface area contributed by atoms with Crippen LogP contribution in [0.4, 0.5) is 5.69 Å². The maximum absolute atomic E-state index is 10.7. The van der Waals surface area contributed by atoms with Crippen LogP contribution in [-0.2, 0) is 13.2 Å². The molecule has 0 saturated heterocycles. The molecule has 2 rings (SSSR count). The second-order valence-corrected chi connectivity index (χ2v) is 5.09. The number of ether oxygens (including phenoxy) is 1. The van der Waals surface area contributed by atoms with Crippen molar-refractivity contribution < 1.29 is 9.66 Å². The first kappa shape index (κ1) is 14.5. The fourth-order valence-corrected chi connectivity index (χ4v) is 2.21. The number of hydrogen-bond donors (Lipinski definition) is 1. The number of benzene rings is 2. The molecule has 0 spiro atoms. The Bertz CT molecular complexity index is 632. The van der Waals surface area contributed by atoms with Crippen molar-refractivity contribution in [1.29, 1.82) is 0 Å². The van der Waals surface area contributed by atoms with E-state index >= 15 is 0 Å². The van der Waals surface area contributed by atoms with E-state index in [1.54, 1.807) is 6.07 Å². The van der Waals surface area contributed by atoms with Crippen LogP contribution in [0.25, 0.3) is 0 Å². The summed E-state index contributed by atoms with van der Waals surface area (Å²) in [6.07, 6.45) is 0. The van der Waals surface area contributed by atoms with Crippen molar-refractivity contribution in [2.45, 2.75) is 13.2 Å². The predicted molar refractivity (Wildman–Crippen MR) is 79.5 cm³/mol. The molecule has 0 radical (unpaired) electrons. The van der Waals surface area contributed by atoms with E-state index in [4.69, 9.17) is 10.5 Å². The molecule has 0 saturated carbocycles. The highest BCUT2D eigenvalue weighted by atomic mass is 79.9. The van der Waals surface area contributed by atoms with Crippen LogP contribution in [0.15, 0.2) is 46.9 Å². The van der Waals surface area contributed by atoms with Crippen LogP contribution in [0.2, 0.25) is 0 Å². The van der Waals surface area contributed by atoms with Crippen molar-refractivity contribution in [2.24, 2.45) is 5.73 Å². The van der Waals surface area contributed by atoms with Crippen molar-refractivity contribution in [3.05, 3.63) is 68.2 Å². The van der Waals surface area contributed by atoms with Gasteiger partial charge in [0.2, 0.25) is 0 Å². The van der Waals surface area contributed by atoms with Gasteiger partial charge < -0.3 is 10.5 Å². The summed E-state index contributed by atoms with van der Waals surface area (Å²) in [7, 11) is 0. The summed E-state index contributed by atoms with van der Waals surface area (Å²) in [6.45, 7) is 0.569. The summed E-state index contributed by atoms with van der Waals surface area (Å²) in [4.78, 5) is 10.3. The van der Waals surface area contributed by atoms with Crippen LogP contribution in [0.3, 0.4) is 0 Å². The molecule has 104 valence electrons. The van der Waals surface area contributed by atoms with E-state index in [1.165, 1.54) is 12.1 Å². The van der Waals surface area contributed by atoms with Gasteiger partial charge in [0.05, 0.1) is 4.92 Å². The maximum atomic E-state index is 10.7. The van der Waals surface area contributed by atoms with Crippen molar-refractivity contribution >= 4 is 21.6 Å². The molecule has 0 heterocycles. The number of halogens is 1. The highest BCUT2D eigenvalue weighted by Crippen LogP contribution is 2.25. The van der Waals surface area contributed by atoms with Gasteiger partial charge in [0.15, 0.2) is 0 Å². The van der Waals surface area contributed by atoms with E-state index in [0.29, 0.717) is 17.9 Å². The molecule has 0 fully saturated rings. The van der Waals surface area contributed by atoms with Gasteiger partial charge in [0.25, 0.3) is 5.69 Å². The molecule has 2 N–H and O–H groups in total. The highest BCUT2D eigenvalue weighted by Gasteiger charge is 2.10. The minimum atomic E-state index is -0.447. The molecule has 0 aliphatic carbocycles. The number of nitro groups is 1. The highest BCUT2D eigenvalue weighted by molar-refractivity contribution is 9.10. The SMILES string of the molecule is NCc1cc([N+](=O)[O-])ccc1OCc1cccc(Br)c1. The molecule has 0 aliphatic rings. The van der Waals surface area contributed by atoms with Crippen molar-refractivity contribution in [3.63, 3.8) is 0 Å². The molecule has 2 aromatic rings. The number of rotatable bonds is 5. The zero-order chi connectivity index (χ0) is 14.5. The van der Waals surface area contributed by atoms with E-state index < -0.39 is 4.92 Å². The predicted octanol–water partition coefficient (Wildman–Crippen LogP) is 3.40. The Labute approximate surface area is 124 Å². The minimum Gasteiger partial charge on any atom is -0.489 e. The van der Waals surface area contributed by atoms with E-state index in [9.17, 15) is 10.1 Å². The van der Waals surface area contributed by atoms with Crippen LogP contribution in [0, 0.1) is 10.1 Å². The molecule has 0 aromatic heterocycles. The summed E-state index contributed by atoms with van der Waals surface area (Å²) in [5.74, 6) is 0.568. The summed E-state index contributed by atoms with van der Waals surface area (Å²) in [5, 5.41) is 10.7. The van der Waals surface area contributed by atoms with Crippen molar-refractivity contribution in [2.75, 3.05) is 0 Å². The fourth-order valence-electron chi connectivity index (χ4n) is 1.77. The Kier molecular flexibility index (Phi) is 4.70. The van der Waals surface area contributed by atoms with Crippen LogP contribution >= 0.6 is 15.9 Å². The van der Waals surface area contributed by atoms with Gasteiger partial charge in [0, 0.05) is 28.7 Å². The molecule has 0 amide bonds. The molecule has 0 bridgehead atoms. The standard InChI is InChI=1S/C14H13BrN2O3/c15-12-3-1-2-10(6-12)9-20-14-5-4-13(17(18)19)7-11(14)8-16/h1-7H,8-9,16H2. The lowest BCUT2D eigenvalue weighted by atomic mass is 10.1. The van der Waals surface area contributed by atoms with Crippen molar-refractivity contribution in [1.82, 2.24) is 0 Å². The summed E-state index contributed by atoms with van der Waals surface area (Å²) >= 11 is 3.39. The lowest BCUT2D eigenvalue weighted by Crippen LogP contribution is -2.03. The second-order valence-electron chi connectivity index (χ2n) is 4.17. The third-order valence-corrected chi connectivity index (χ3v) is 3.25. The first-order valence-corrected chi connectivity index (χ1v) is 6.74. The Morgan fingerprint density at radius 1 is 1.25 bits per heavy atom. The van der Waals surface area contributed by atoms with Gasteiger partial charge in [-0.3, -0.25) is 10.1 Å². The zero-order valence-corrected chi connectivity index (χ0v) is 12.2. The fraction of sp³-hybridized carbons (Fsp3) is 0.143. The lowest BCUT2D eigenvalue weighted by molar-refractivity contribution is -0.384. The molecular weight excluding hydrogens is 324 g/mol. The number of nitrogens with two attached hydrogens (primary N) is 1. The summed E-state index contributed by atoms with van der Waals surface area (Å²) in [6, 6.07) is 12.2. The minimum absolute atomic E-state index is 0.0141. The van der Waals surface area contributed by atoms with Crippen LogP contribution in [0.5, 0.6) is 5.75 Å². The van der Waals surface area contributed by atoms with Gasteiger partial charge in [-0.25, -0.2) is 0 Å². The largest absolute Gasteiger partial charge is 0.489 e. The second kappa shape index (κ2) is 6.49. The maximum Gasteiger partial charge on any atom is 0.270 e.